The van der Waals surface area contributed by atoms with Gasteiger partial charge in [-0.3, -0.25) is 10.3 Å². The van der Waals surface area contributed by atoms with E-state index in [0.29, 0.717) is 12.7 Å². The minimum absolute atomic E-state index is 0.0821. The average Bonchev–Trinajstić information content (AvgIpc) is 2.50. The van der Waals surface area contributed by atoms with Crippen LogP contribution in [0.2, 0.25) is 0 Å². The summed E-state index contributed by atoms with van der Waals surface area (Å²) in [4.78, 5) is 2.42. The van der Waals surface area contributed by atoms with E-state index in [-0.39, 0.29) is 5.84 Å². The number of benzene rings is 1. The monoisotopic (exact) mass is 291 g/mol. The molecule has 1 aromatic rings. The van der Waals surface area contributed by atoms with Crippen LogP contribution in [0.4, 0.5) is 0 Å². The molecule has 0 unspecified atom stereocenters. The molecule has 21 heavy (non-hydrogen) atoms. The molecule has 2 rings (SSSR count). The summed E-state index contributed by atoms with van der Waals surface area (Å²) in [5.74, 6) is 0.905. The lowest BCUT2D eigenvalue weighted by Gasteiger charge is -2.31. The summed E-state index contributed by atoms with van der Waals surface area (Å²) in [6, 6.07) is 7.34. The van der Waals surface area contributed by atoms with Crippen molar-refractivity contribution in [3.63, 3.8) is 0 Å². The van der Waals surface area contributed by atoms with Crippen LogP contribution in [-0.4, -0.2) is 49.7 Å². The van der Waals surface area contributed by atoms with Gasteiger partial charge in [-0.2, -0.15) is 0 Å². The average molecular weight is 291 g/mol. The molecule has 0 atom stereocenters. The van der Waals surface area contributed by atoms with Crippen LogP contribution in [0.25, 0.3) is 0 Å². The first-order chi connectivity index (χ1) is 10.2. The Morgan fingerprint density at radius 3 is 2.52 bits per heavy atom. The maximum absolute atomic E-state index is 7.34. The van der Waals surface area contributed by atoms with Gasteiger partial charge in [-0.25, -0.2) is 0 Å². The third kappa shape index (κ3) is 5.02. The topological polar surface area (TPSA) is 71.6 Å². The van der Waals surface area contributed by atoms with Crippen molar-refractivity contribution in [3.8, 4) is 5.75 Å². The largest absolute Gasteiger partial charge is 0.492 e. The predicted molar refractivity (Wildman–Crippen MR) is 84.0 cm³/mol. The lowest BCUT2D eigenvalue weighted by molar-refractivity contribution is 0.0119. The molecule has 0 radical (unpaired) electrons. The standard InChI is InChI=1S/C16H25N3O2/c1-2-20-15-7-9-19(10-8-15)11-12-21-14-5-3-13(4-6-14)16(17)18/h3-6,15H,2,7-12H2,1H3,(H3,17,18). The fourth-order valence-electron chi connectivity index (χ4n) is 2.56. The lowest BCUT2D eigenvalue weighted by Crippen LogP contribution is -2.39. The zero-order valence-electron chi connectivity index (χ0n) is 12.7. The second kappa shape index (κ2) is 8.00. The van der Waals surface area contributed by atoms with Crippen molar-refractivity contribution in [2.75, 3.05) is 32.8 Å². The molecule has 1 fully saturated rings. The highest BCUT2D eigenvalue weighted by Gasteiger charge is 2.18. The number of hydrogen-bond donors (Lipinski definition) is 2. The Labute approximate surface area is 126 Å². The maximum Gasteiger partial charge on any atom is 0.122 e. The molecule has 1 aliphatic heterocycles. The third-order valence-corrected chi connectivity index (χ3v) is 3.78. The molecule has 5 heteroatoms. The summed E-state index contributed by atoms with van der Waals surface area (Å²) in [6.07, 6.45) is 2.66. The van der Waals surface area contributed by atoms with Crippen LogP contribution in [0.3, 0.4) is 0 Å². The number of nitrogens with two attached hydrogens (primary N) is 1. The lowest BCUT2D eigenvalue weighted by atomic mass is 10.1. The molecule has 0 spiro atoms. The van der Waals surface area contributed by atoms with Gasteiger partial charge in [-0.05, 0) is 44.0 Å². The Morgan fingerprint density at radius 1 is 1.29 bits per heavy atom. The van der Waals surface area contributed by atoms with Crippen molar-refractivity contribution in [1.29, 1.82) is 5.41 Å². The summed E-state index contributed by atoms with van der Waals surface area (Å²) < 4.78 is 11.4. The van der Waals surface area contributed by atoms with Gasteiger partial charge >= 0.3 is 0 Å². The SMILES string of the molecule is CCOC1CCN(CCOc2ccc(C(=N)N)cc2)CC1. The van der Waals surface area contributed by atoms with Gasteiger partial charge in [0, 0.05) is 31.8 Å². The van der Waals surface area contributed by atoms with Crippen molar-refractivity contribution in [2.45, 2.75) is 25.9 Å². The molecule has 0 bridgehead atoms. The van der Waals surface area contributed by atoms with E-state index in [2.05, 4.69) is 11.8 Å². The van der Waals surface area contributed by atoms with Gasteiger partial charge in [0.05, 0.1) is 6.10 Å². The maximum atomic E-state index is 7.34. The Kier molecular flexibility index (Phi) is 6.02. The summed E-state index contributed by atoms with van der Waals surface area (Å²) in [7, 11) is 0. The smallest absolute Gasteiger partial charge is 0.122 e. The molecular formula is C16H25N3O2. The molecule has 5 nitrogen and oxygen atoms in total. The first-order valence-electron chi connectivity index (χ1n) is 7.60. The van der Waals surface area contributed by atoms with Crippen molar-refractivity contribution in [3.05, 3.63) is 29.8 Å². The number of nitrogen functional groups attached to an aromatic ring is 1. The van der Waals surface area contributed by atoms with E-state index in [1.54, 1.807) is 0 Å². The van der Waals surface area contributed by atoms with Gasteiger partial charge in [0.2, 0.25) is 0 Å². The molecule has 1 heterocycles. The Hall–Kier alpha value is -1.59. The Bertz CT molecular complexity index is 439. The fraction of sp³-hybridized carbons (Fsp3) is 0.562. The van der Waals surface area contributed by atoms with Gasteiger partial charge in [0.25, 0.3) is 0 Å². The summed E-state index contributed by atoms with van der Waals surface area (Å²) in [5.41, 5.74) is 6.14. The van der Waals surface area contributed by atoms with Crippen LogP contribution in [0, 0.1) is 5.41 Å². The number of likely N-dealkylation sites (tertiary alicyclic amines) is 1. The molecule has 1 aromatic carbocycles. The van der Waals surface area contributed by atoms with E-state index in [1.165, 1.54) is 0 Å². The number of hydrogen-bond acceptors (Lipinski definition) is 4. The predicted octanol–water partition coefficient (Wildman–Crippen LogP) is 1.85. The van der Waals surface area contributed by atoms with Gasteiger partial charge in [0.15, 0.2) is 0 Å². The number of piperidine rings is 1. The second-order valence-corrected chi connectivity index (χ2v) is 5.28. The molecule has 3 N–H and O–H groups in total. The highest BCUT2D eigenvalue weighted by atomic mass is 16.5. The first kappa shape index (κ1) is 15.8. The Balaban J connectivity index is 1.67. The second-order valence-electron chi connectivity index (χ2n) is 5.28. The molecule has 116 valence electrons. The van der Waals surface area contributed by atoms with Gasteiger partial charge in [-0.15, -0.1) is 0 Å². The van der Waals surface area contributed by atoms with E-state index < -0.39 is 0 Å². The van der Waals surface area contributed by atoms with Crippen molar-refractivity contribution in [2.24, 2.45) is 5.73 Å². The first-order valence-corrected chi connectivity index (χ1v) is 7.60. The van der Waals surface area contributed by atoms with E-state index in [0.717, 1.165) is 50.4 Å². The minimum Gasteiger partial charge on any atom is -0.492 e. The fourth-order valence-corrected chi connectivity index (χ4v) is 2.56. The quantitative estimate of drug-likeness (QED) is 0.594. The zero-order valence-corrected chi connectivity index (χ0v) is 12.7. The summed E-state index contributed by atoms with van der Waals surface area (Å²) >= 11 is 0. The molecule has 1 aliphatic rings. The van der Waals surface area contributed by atoms with E-state index in [9.17, 15) is 0 Å². The molecule has 0 amide bonds. The minimum atomic E-state index is 0.0821. The van der Waals surface area contributed by atoms with E-state index >= 15 is 0 Å². The van der Waals surface area contributed by atoms with Crippen LogP contribution < -0.4 is 10.5 Å². The normalized spacial score (nSPS) is 16.8. The third-order valence-electron chi connectivity index (χ3n) is 3.78. The molecular weight excluding hydrogens is 266 g/mol. The number of amidine groups is 1. The summed E-state index contributed by atoms with van der Waals surface area (Å²) in [5, 5.41) is 7.34. The molecule has 1 saturated heterocycles. The number of nitrogens with zero attached hydrogens (tertiary/aromatic N) is 1. The van der Waals surface area contributed by atoms with Crippen LogP contribution in [0.1, 0.15) is 25.3 Å². The van der Waals surface area contributed by atoms with Gasteiger partial charge in [0.1, 0.15) is 18.2 Å². The van der Waals surface area contributed by atoms with E-state index in [4.69, 9.17) is 20.6 Å². The Morgan fingerprint density at radius 2 is 1.95 bits per heavy atom. The number of rotatable bonds is 7. The van der Waals surface area contributed by atoms with Gasteiger partial charge in [-0.1, -0.05) is 0 Å². The molecule has 0 aliphatic carbocycles. The summed E-state index contributed by atoms with van der Waals surface area (Å²) in [6.45, 7) is 6.64. The van der Waals surface area contributed by atoms with Gasteiger partial charge < -0.3 is 15.2 Å². The molecule has 0 saturated carbocycles. The van der Waals surface area contributed by atoms with Crippen LogP contribution in [0.15, 0.2) is 24.3 Å². The van der Waals surface area contributed by atoms with Crippen LogP contribution in [0.5, 0.6) is 5.75 Å². The van der Waals surface area contributed by atoms with Crippen LogP contribution >= 0.6 is 0 Å². The zero-order chi connectivity index (χ0) is 15.1. The highest BCUT2D eigenvalue weighted by molar-refractivity contribution is 5.94. The highest BCUT2D eigenvalue weighted by Crippen LogP contribution is 2.14. The number of ether oxygens (including phenoxy) is 2. The van der Waals surface area contributed by atoms with Crippen molar-refractivity contribution < 1.29 is 9.47 Å². The molecule has 0 aromatic heterocycles. The van der Waals surface area contributed by atoms with E-state index in [1.807, 2.05) is 24.3 Å². The van der Waals surface area contributed by atoms with Crippen LogP contribution in [-0.2, 0) is 4.74 Å². The van der Waals surface area contributed by atoms with Crippen molar-refractivity contribution >= 4 is 5.84 Å². The van der Waals surface area contributed by atoms with Crippen molar-refractivity contribution in [1.82, 2.24) is 4.90 Å². The number of nitrogens with one attached hydrogen (secondary N) is 1.